The highest BCUT2D eigenvalue weighted by molar-refractivity contribution is 7.14. The maximum atomic E-state index is 7.00. The van der Waals surface area contributed by atoms with Gasteiger partial charge in [-0.05, 0) is 17.5 Å². The molecule has 0 saturated heterocycles. The van der Waals surface area contributed by atoms with Crippen LogP contribution < -0.4 is 0 Å². The molecular weight excluding hydrogens is 158 g/mol. The van der Waals surface area contributed by atoms with Crippen LogP contribution in [0.3, 0.4) is 0 Å². The Balaban J connectivity index is 0.000000187. The second-order valence-corrected chi connectivity index (χ2v) is 2.61. The Bertz CT molecular complexity index is 133. The summed E-state index contributed by atoms with van der Waals surface area (Å²) in [6.07, 6.45) is 0. The zero-order valence-corrected chi connectivity index (χ0v) is 6.06. The van der Waals surface area contributed by atoms with Crippen molar-refractivity contribution in [2.45, 2.75) is 0 Å². The Labute approximate surface area is 63.0 Å². The quantitative estimate of drug-likeness (QED) is 0.558. The molecule has 0 aliphatic rings. The molecule has 1 aromatic rings. The van der Waals surface area contributed by atoms with E-state index in [1.54, 1.807) is 11.3 Å². The van der Waals surface area contributed by atoms with E-state index in [1.807, 2.05) is 17.5 Å². The third-order valence-electron chi connectivity index (χ3n) is 0.486. The van der Waals surface area contributed by atoms with Gasteiger partial charge < -0.3 is 10.0 Å². The van der Waals surface area contributed by atoms with Crippen molar-refractivity contribution in [2.24, 2.45) is 0 Å². The minimum absolute atomic E-state index is 0. The van der Waals surface area contributed by atoms with Gasteiger partial charge in [-0.2, -0.15) is 0 Å². The van der Waals surface area contributed by atoms with Crippen molar-refractivity contribution in [1.29, 1.82) is 0 Å². The first-order valence-corrected chi connectivity index (χ1v) is 3.36. The summed E-state index contributed by atoms with van der Waals surface area (Å²) in [5, 5.41) is 15.9. The second kappa shape index (κ2) is 6.10. The zero-order chi connectivity index (χ0) is 7.11. The average Bonchev–Trinajstić information content (AvgIpc) is 2.20. The van der Waals surface area contributed by atoms with Gasteiger partial charge in [0.2, 0.25) is 0 Å². The largest absolute Gasteiger partial charge is 0.482 e. The van der Waals surface area contributed by atoms with Crippen LogP contribution in [0, 0.1) is 0 Å². The van der Waals surface area contributed by atoms with E-state index in [2.05, 4.69) is 0 Å². The second-order valence-electron chi connectivity index (χ2n) is 1.03. The van der Waals surface area contributed by atoms with Crippen LogP contribution in [0.15, 0.2) is 17.5 Å². The van der Waals surface area contributed by atoms with Gasteiger partial charge in [-0.25, -0.2) is 0 Å². The Morgan fingerprint density at radius 2 is 2.11 bits per heavy atom. The minimum atomic E-state index is 0. The van der Waals surface area contributed by atoms with Gasteiger partial charge in [0.15, 0.2) is 0 Å². The van der Waals surface area contributed by atoms with Gasteiger partial charge in [-0.15, -0.1) is 11.3 Å². The van der Waals surface area contributed by atoms with Gasteiger partial charge >= 0.3 is 7.69 Å². The van der Waals surface area contributed by atoms with Crippen molar-refractivity contribution >= 4 is 30.6 Å². The fourth-order valence-electron chi connectivity index (χ4n) is 0.259. The van der Waals surface area contributed by atoms with Gasteiger partial charge in [0, 0.05) is 0 Å². The summed E-state index contributed by atoms with van der Waals surface area (Å²) < 4.78 is 0.856. The zero-order valence-electron chi connectivity index (χ0n) is 4.49. The molecule has 0 aliphatic heterocycles. The summed E-state index contributed by atoms with van der Waals surface area (Å²) in [6, 6.07) is 3.79. The fraction of sp³-hybridized carbons (Fsp3) is 0. The van der Waals surface area contributed by atoms with Gasteiger partial charge in [-0.3, -0.25) is 0 Å². The Kier molecular flexibility index (Phi) is 6.08. The van der Waals surface area contributed by atoms with Crippen molar-refractivity contribution in [3.8, 4) is 0 Å². The first kappa shape index (κ1) is 8.97. The molecule has 0 spiro atoms. The van der Waals surface area contributed by atoms with Gasteiger partial charge in [0.25, 0.3) is 0 Å². The topological polar surface area (TPSA) is 40.5 Å². The molecule has 5 heteroatoms. The lowest BCUT2D eigenvalue weighted by atomic mass is 10.5. The average molecular weight is 163 g/mol. The number of hydrogen-bond acceptors (Lipinski definition) is 3. The molecule has 2 N–H and O–H groups in total. The van der Waals surface area contributed by atoms with Gasteiger partial charge in [-0.1, -0.05) is 11.6 Å². The molecule has 0 amide bonds. The van der Waals surface area contributed by atoms with E-state index in [0.717, 1.165) is 4.34 Å². The highest BCUT2D eigenvalue weighted by Gasteiger charge is 1.77. The van der Waals surface area contributed by atoms with Crippen LogP contribution in [0.5, 0.6) is 0 Å². The molecule has 1 radical (unpaired) electrons. The molecule has 0 atom stereocenters. The van der Waals surface area contributed by atoms with E-state index >= 15 is 0 Å². The highest BCUT2D eigenvalue weighted by atomic mass is 35.5. The lowest BCUT2D eigenvalue weighted by Gasteiger charge is -1.62. The summed E-state index contributed by atoms with van der Waals surface area (Å²) in [6.45, 7) is 0. The summed E-state index contributed by atoms with van der Waals surface area (Å²) in [5.74, 6) is 0. The van der Waals surface area contributed by atoms with Crippen molar-refractivity contribution in [2.75, 3.05) is 0 Å². The number of thiophene rings is 1. The van der Waals surface area contributed by atoms with E-state index in [-0.39, 0.29) is 7.69 Å². The standard InChI is InChI=1S/C4H3ClS.BH2O2/c5-4-2-1-3-6-4;2-1-3/h1-3H;2-3H. The monoisotopic (exact) mass is 163 g/mol. The Hall–Kier alpha value is -0.0251. The molecule has 0 unspecified atom stereocenters. The van der Waals surface area contributed by atoms with Crippen LogP contribution in [0.25, 0.3) is 0 Å². The molecule has 9 heavy (non-hydrogen) atoms. The maximum absolute atomic E-state index is 7.00. The molecule has 2 nitrogen and oxygen atoms in total. The molecule has 0 aliphatic carbocycles. The lowest BCUT2D eigenvalue weighted by Crippen LogP contribution is -1.75. The van der Waals surface area contributed by atoms with Crippen LogP contribution in [0.2, 0.25) is 4.34 Å². The van der Waals surface area contributed by atoms with Crippen LogP contribution in [-0.4, -0.2) is 17.7 Å². The molecule has 1 heterocycles. The smallest absolute Gasteiger partial charge is 0.429 e. The molecule has 0 fully saturated rings. The predicted octanol–water partition coefficient (Wildman–Crippen LogP) is 0.907. The molecule has 0 saturated carbocycles. The van der Waals surface area contributed by atoms with Crippen molar-refractivity contribution in [1.82, 2.24) is 0 Å². The normalized spacial score (nSPS) is 7.44. The van der Waals surface area contributed by atoms with E-state index < -0.39 is 0 Å². The van der Waals surface area contributed by atoms with E-state index in [4.69, 9.17) is 21.6 Å². The van der Waals surface area contributed by atoms with Crippen LogP contribution in [0.1, 0.15) is 0 Å². The maximum Gasteiger partial charge on any atom is 0.482 e. The molecular formula is C4H5BClO2S. The van der Waals surface area contributed by atoms with E-state index in [1.165, 1.54) is 0 Å². The van der Waals surface area contributed by atoms with Crippen LogP contribution in [-0.2, 0) is 0 Å². The van der Waals surface area contributed by atoms with E-state index in [0.29, 0.717) is 0 Å². The minimum Gasteiger partial charge on any atom is -0.429 e. The first-order valence-electron chi connectivity index (χ1n) is 2.10. The fourth-order valence-corrected chi connectivity index (χ4v) is 0.930. The van der Waals surface area contributed by atoms with Crippen molar-refractivity contribution in [3.63, 3.8) is 0 Å². The molecule has 1 rings (SSSR count). The number of rotatable bonds is 0. The third-order valence-corrected chi connectivity index (χ3v) is 1.53. The van der Waals surface area contributed by atoms with Crippen molar-refractivity contribution in [3.05, 3.63) is 21.8 Å². The number of hydrogen-bond donors (Lipinski definition) is 2. The summed E-state index contributed by atoms with van der Waals surface area (Å²) >= 11 is 7.02. The predicted molar refractivity (Wildman–Crippen MR) is 39.5 cm³/mol. The van der Waals surface area contributed by atoms with Gasteiger partial charge in [0.1, 0.15) is 0 Å². The SMILES string of the molecule is Clc1cccs1.O[B]O. The lowest BCUT2D eigenvalue weighted by molar-refractivity contribution is 0.448. The summed E-state index contributed by atoms with van der Waals surface area (Å²) in [7, 11) is 0. The van der Waals surface area contributed by atoms with Gasteiger partial charge in [0.05, 0.1) is 4.34 Å². The molecule has 0 aromatic carbocycles. The third kappa shape index (κ3) is 5.85. The summed E-state index contributed by atoms with van der Waals surface area (Å²) in [5.41, 5.74) is 0. The molecule has 1 aromatic heterocycles. The number of halogens is 1. The Morgan fingerprint density at radius 1 is 1.56 bits per heavy atom. The summed E-state index contributed by atoms with van der Waals surface area (Å²) in [4.78, 5) is 0. The first-order chi connectivity index (χ1) is 4.31. The highest BCUT2D eigenvalue weighted by Crippen LogP contribution is 2.13. The van der Waals surface area contributed by atoms with Crippen LogP contribution in [0.4, 0.5) is 0 Å². The molecule has 0 bridgehead atoms. The molecule has 49 valence electrons. The van der Waals surface area contributed by atoms with E-state index in [9.17, 15) is 0 Å². The Morgan fingerprint density at radius 3 is 2.22 bits per heavy atom. The van der Waals surface area contributed by atoms with Crippen molar-refractivity contribution < 1.29 is 10.0 Å². The van der Waals surface area contributed by atoms with Crippen LogP contribution >= 0.6 is 22.9 Å².